The molecule has 2 aromatic carbocycles. The van der Waals surface area contributed by atoms with Crippen LogP contribution in [-0.2, 0) is 6.54 Å². The van der Waals surface area contributed by atoms with Gasteiger partial charge in [-0.15, -0.1) is 0 Å². The number of nitriles is 1. The number of halogens is 1. The number of aromatic nitrogens is 1. The van der Waals surface area contributed by atoms with Crippen molar-refractivity contribution >= 4 is 17.6 Å². The van der Waals surface area contributed by atoms with Crippen LogP contribution >= 0.6 is 0 Å². The average Bonchev–Trinajstić information content (AvgIpc) is 3.06. The third kappa shape index (κ3) is 7.24. The summed E-state index contributed by atoms with van der Waals surface area (Å²) in [6.07, 6.45) is 1.70. The van der Waals surface area contributed by atoms with E-state index >= 15 is 0 Å². The van der Waals surface area contributed by atoms with Crippen LogP contribution in [0.2, 0.25) is 0 Å². The Morgan fingerprint density at radius 3 is 2.28 bits per heavy atom. The molecule has 2 atom stereocenters. The largest absolute Gasteiger partial charge is 0.497 e. The standard InChI is InChI=1S/C33H34FN5O4/c1-43-27-9-6-24(7-10-27)31(40)25-12-16-39(17-13-25)33(42)30-11-8-26(19-36-30)32(41)37-29-14-15-38(21-28(29)34)20-23-4-2-22(18-35)3-5-23/h2-11,19,25,28-29H,12-17,20-21H2,1H3,(H,37,41)/t28-,29+/m1/s1. The molecule has 0 aliphatic carbocycles. The first-order valence-corrected chi connectivity index (χ1v) is 14.4. The highest BCUT2D eigenvalue weighted by Gasteiger charge is 2.31. The number of nitrogens with one attached hydrogen (secondary N) is 1. The zero-order valence-electron chi connectivity index (χ0n) is 24.0. The molecule has 2 aliphatic rings. The maximum Gasteiger partial charge on any atom is 0.272 e. The number of pyridine rings is 1. The Kier molecular flexibility index (Phi) is 9.42. The second-order valence-corrected chi connectivity index (χ2v) is 11.0. The highest BCUT2D eigenvalue weighted by Crippen LogP contribution is 2.24. The number of benzene rings is 2. The summed E-state index contributed by atoms with van der Waals surface area (Å²) in [7, 11) is 1.58. The van der Waals surface area contributed by atoms with Gasteiger partial charge in [0, 0.05) is 50.4 Å². The number of ether oxygens (including phenoxy) is 1. The summed E-state index contributed by atoms with van der Waals surface area (Å²) >= 11 is 0. The predicted octanol–water partition coefficient (Wildman–Crippen LogP) is 4.04. The van der Waals surface area contributed by atoms with Gasteiger partial charge in [0.2, 0.25) is 0 Å². The number of hydrogen-bond donors (Lipinski definition) is 1. The van der Waals surface area contributed by atoms with E-state index in [-0.39, 0.29) is 35.4 Å². The fourth-order valence-corrected chi connectivity index (χ4v) is 5.62. The Morgan fingerprint density at radius 1 is 0.977 bits per heavy atom. The van der Waals surface area contributed by atoms with Crippen molar-refractivity contribution in [3.63, 3.8) is 0 Å². The van der Waals surface area contributed by atoms with E-state index in [1.165, 1.54) is 18.3 Å². The minimum absolute atomic E-state index is 0.0655. The number of nitrogens with zero attached hydrogens (tertiary/aromatic N) is 4. The Hall–Kier alpha value is -4.62. The smallest absolute Gasteiger partial charge is 0.272 e. The first-order chi connectivity index (χ1) is 20.8. The van der Waals surface area contributed by atoms with Gasteiger partial charge in [0.1, 0.15) is 17.6 Å². The molecule has 3 aromatic rings. The van der Waals surface area contributed by atoms with E-state index in [0.717, 1.165) is 5.56 Å². The van der Waals surface area contributed by atoms with Crippen molar-refractivity contribution in [2.75, 3.05) is 33.3 Å². The van der Waals surface area contributed by atoms with Crippen LogP contribution < -0.4 is 10.1 Å². The molecule has 1 N–H and O–H groups in total. The Labute approximate surface area is 250 Å². The van der Waals surface area contributed by atoms with E-state index < -0.39 is 18.1 Å². The molecular weight excluding hydrogens is 549 g/mol. The number of alkyl halides is 1. The molecule has 0 spiro atoms. The summed E-state index contributed by atoms with van der Waals surface area (Å²) in [5.41, 5.74) is 2.69. The molecule has 9 nitrogen and oxygen atoms in total. The zero-order valence-corrected chi connectivity index (χ0v) is 24.0. The quantitative estimate of drug-likeness (QED) is 0.398. The van der Waals surface area contributed by atoms with Crippen molar-refractivity contribution in [1.29, 1.82) is 5.26 Å². The monoisotopic (exact) mass is 583 g/mol. The molecule has 2 fully saturated rings. The first kappa shape index (κ1) is 29.9. The lowest BCUT2D eigenvalue weighted by molar-refractivity contribution is 0.0645. The molecule has 0 unspecified atom stereocenters. The molecule has 3 heterocycles. The second kappa shape index (κ2) is 13.6. The van der Waals surface area contributed by atoms with Gasteiger partial charge in [0.05, 0.1) is 30.3 Å². The Balaban J connectivity index is 1.09. The van der Waals surface area contributed by atoms with Crippen molar-refractivity contribution in [1.82, 2.24) is 20.1 Å². The molecule has 0 bridgehead atoms. The minimum Gasteiger partial charge on any atom is -0.497 e. The highest BCUT2D eigenvalue weighted by molar-refractivity contribution is 5.99. The fraction of sp³-hybridized carbons (Fsp3) is 0.364. The van der Waals surface area contributed by atoms with E-state index in [2.05, 4.69) is 16.4 Å². The molecule has 43 heavy (non-hydrogen) atoms. The van der Waals surface area contributed by atoms with E-state index in [0.29, 0.717) is 62.3 Å². The molecule has 10 heteroatoms. The van der Waals surface area contributed by atoms with Gasteiger partial charge >= 0.3 is 0 Å². The number of rotatable bonds is 8. The van der Waals surface area contributed by atoms with Crippen LogP contribution in [0.5, 0.6) is 5.75 Å². The lowest BCUT2D eigenvalue weighted by Crippen LogP contribution is -2.52. The summed E-state index contributed by atoms with van der Waals surface area (Å²) in [6, 6.07) is 18.8. The van der Waals surface area contributed by atoms with Crippen molar-refractivity contribution in [3.05, 3.63) is 94.8 Å². The predicted molar refractivity (Wildman–Crippen MR) is 157 cm³/mol. The third-order valence-electron chi connectivity index (χ3n) is 8.20. The third-order valence-corrected chi connectivity index (χ3v) is 8.20. The van der Waals surface area contributed by atoms with E-state index in [1.807, 2.05) is 17.0 Å². The number of carbonyl (C=O) groups excluding carboxylic acids is 3. The number of Topliss-reactive ketones (excluding diaryl/α,β-unsaturated/α-hetero) is 1. The minimum atomic E-state index is -1.23. The van der Waals surface area contributed by atoms with Crippen LogP contribution in [0.3, 0.4) is 0 Å². The average molecular weight is 584 g/mol. The number of hydrogen-bond acceptors (Lipinski definition) is 7. The molecule has 0 radical (unpaired) electrons. The molecule has 0 saturated carbocycles. The van der Waals surface area contributed by atoms with Crippen LogP contribution in [0, 0.1) is 17.2 Å². The van der Waals surface area contributed by atoms with Crippen molar-refractivity contribution < 1.29 is 23.5 Å². The lowest BCUT2D eigenvalue weighted by atomic mass is 9.88. The number of ketones is 1. The van der Waals surface area contributed by atoms with E-state index in [4.69, 9.17) is 10.00 Å². The van der Waals surface area contributed by atoms with Crippen LogP contribution in [0.25, 0.3) is 0 Å². The van der Waals surface area contributed by atoms with Gasteiger partial charge in [-0.2, -0.15) is 5.26 Å². The van der Waals surface area contributed by atoms with E-state index in [1.54, 1.807) is 48.4 Å². The lowest BCUT2D eigenvalue weighted by Gasteiger charge is -2.35. The molecule has 222 valence electrons. The Morgan fingerprint density at radius 2 is 1.67 bits per heavy atom. The first-order valence-electron chi connectivity index (χ1n) is 14.4. The normalized spacial score (nSPS) is 19.3. The number of methoxy groups -OCH3 is 1. The number of carbonyl (C=O) groups is 3. The molecule has 2 saturated heterocycles. The highest BCUT2D eigenvalue weighted by atomic mass is 19.1. The number of piperidine rings is 2. The molecule has 2 amide bonds. The topological polar surface area (TPSA) is 116 Å². The summed E-state index contributed by atoms with van der Waals surface area (Å²) in [6.45, 7) is 2.27. The van der Waals surface area contributed by atoms with Gasteiger partial charge in [-0.05, 0) is 73.4 Å². The molecule has 5 rings (SSSR count). The fourth-order valence-electron chi connectivity index (χ4n) is 5.62. The zero-order chi connectivity index (χ0) is 30.3. The van der Waals surface area contributed by atoms with Gasteiger partial charge in [-0.3, -0.25) is 24.3 Å². The summed E-state index contributed by atoms with van der Waals surface area (Å²) in [5, 5.41) is 11.7. The van der Waals surface area contributed by atoms with Gasteiger partial charge in [0.15, 0.2) is 5.78 Å². The van der Waals surface area contributed by atoms with Gasteiger partial charge < -0.3 is 15.0 Å². The molecule has 2 aliphatic heterocycles. The second-order valence-electron chi connectivity index (χ2n) is 11.0. The summed E-state index contributed by atoms with van der Waals surface area (Å²) in [5.74, 6) is -0.0788. The molecule has 1 aromatic heterocycles. The van der Waals surface area contributed by atoms with Gasteiger partial charge in [-0.1, -0.05) is 12.1 Å². The number of likely N-dealkylation sites (tertiary alicyclic amines) is 2. The van der Waals surface area contributed by atoms with Gasteiger partial charge in [-0.25, -0.2) is 4.39 Å². The summed E-state index contributed by atoms with van der Waals surface area (Å²) in [4.78, 5) is 46.7. The van der Waals surface area contributed by atoms with Crippen molar-refractivity contribution in [3.8, 4) is 11.8 Å². The van der Waals surface area contributed by atoms with Gasteiger partial charge in [0.25, 0.3) is 11.8 Å². The molecular formula is C33H34FN5O4. The Bertz CT molecular complexity index is 1480. The summed E-state index contributed by atoms with van der Waals surface area (Å²) < 4.78 is 20.1. The van der Waals surface area contributed by atoms with Crippen LogP contribution in [0.4, 0.5) is 4.39 Å². The van der Waals surface area contributed by atoms with Crippen LogP contribution in [-0.4, -0.2) is 77.9 Å². The van der Waals surface area contributed by atoms with Crippen molar-refractivity contribution in [2.24, 2.45) is 5.92 Å². The SMILES string of the molecule is COc1ccc(C(=O)C2CCN(C(=O)c3ccc(C(=O)N[C@H]4CCN(Cc5ccc(C#N)cc5)C[C@H]4F)cn3)CC2)cc1. The van der Waals surface area contributed by atoms with E-state index in [9.17, 15) is 18.8 Å². The number of amides is 2. The maximum atomic E-state index is 15.0. The van der Waals surface area contributed by atoms with Crippen molar-refractivity contribution in [2.45, 2.75) is 38.0 Å². The van der Waals surface area contributed by atoms with Crippen LogP contribution in [0.1, 0.15) is 61.6 Å². The maximum absolute atomic E-state index is 15.0. The van der Waals surface area contributed by atoms with Crippen LogP contribution in [0.15, 0.2) is 66.9 Å².